The SMILES string of the molecule is O=C(CSCc1cccnc1)Nc1ccncc1. The van der Waals surface area contributed by atoms with Gasteiger partial charge in [0.25, 0.3) is 0 Å². The number of hydrogen-bond donors (Lipinski definition) is 1. The number of nitrogens with zero attached hydrogens (tertiary/aromatic N) is 2. The van der Waals surface area contributed by atoms with Crippen LogP contribution in [0.3, 0.4) is 0 Å². The van der Waals surface area contributed by atoms with Gasteiger partial charge in [0.15, 0.2) is 0 Å². The van der Waals surface area contributed by atoms with Crippen molar-refractivity contribution < 1.29 is 4.79 Å². The highest BCUT2D eigenvalue weighted by Gasteiger charge is 2.02. The first-order valence-electron chi connectivity index (χ1n) is 5.51. The van der Waals surface area contributed by atoms with Crippen molar-refractivity contribution in [2.45, 2.75) is 5.75 Å². The van der Waals surface area contributed by atoms with Gasteiger partial charge in [-0.3, -0.25) is 14.8 Å². The van der Waals surface area contributed by atoms with Gasteiger partial charge in [0.2, 0.25) is 5.91 Å². The number of hydrogen-bond acceptors (Lipinski definition) is 4. The van der Waals surface area contributed by atoms with E-state index < -0.39 is 0 Å². The fourth-order valence-corrected chi connectivity index (χ4v) is 2.14. The van der Waals surface area contributed by atoms with E-state index in [0.29, 0.717) is 5.75 Å². The van der Waals surface area contributed by atoms with E-state index in [4.69, 9.17) is 0 Å². The molecule has 18 heavy (non-hydrogen) atoms. The Balaban J connectivity index is 1.73. The zero-order chi connectivity index (χ0) is 12.6. The van der Waals surface area contributed by atoms with Gasteiger partial charge in [0, 0.05) is 36.2 Å². The predicted molar refractivity (Wildman–Crippen MR) is 73.3 cm³/mol. The molecule has 0 saturated carbocycles. The Bertz CT molecular complexity index is 490. The maximum absolute atomic E-state index is 11.6. The minimum Gasteiger partial charge on any atom is -0.325 e. The standard InChI is InChI=1S/C13H13N3OS/c17-13(16-12-3-6-14-7-4-12)10-18-9-11-2-1-5-15-8-11/h1-8H,9-10H2,(H,14,16,17). The fourth-order valence-electron chi connectivity index (χ4n) is 1.38. The predicted octanol–water partition coefficient (Wildman–Crippen LogP) is 2.35. The van der Waals surface area contributed by atoms with E-state index in [1.807, 2.05) is 18.3 Å². The van der Waals surface area contributed by atoms with Crippen LogP contribution in [0.5, 0.6) is 0 Å². The van der Waals surface area contributed by atoms with Crippen LogP contribution in [0, 0.1) is 0 Å². The van der Waals surface area contributed by atoms with Crippen molar-refractivity contribution in [3.63, 3.8) is 0 Å². The third kappa shape index (κ3) is 4.18. The van der Waals surface area contributed by atoms with Gasteiger partial charge in [0.1, 0.15) is 0 Å². The largest absolute Gasteiger partial charge is 0.325 e. The molecule has 0 aromatic carbocycles. The van der Waals surface area contributed by atoms with E-state index in [9.17, 15) is 4.79 Å². The maximum Gasteiger partial charge on any atom is 0.234 e. The normalized spacial score (nSPS) is 10.0. The Hall–Kier alpha value is -1.88. The van der Waals surface area contributed by atoms with E-state index in [1.54, 1.807) is 42.5 Å². The smallest absolute Gasteiger partial charge is 0.234 e. The average molecular weight is 259 g/mol. The molecule has 1 N–H and O–H groups in total. The van der Waals surface area contributed by atoms with Gasteiger partial charge < -0.3 is 5.32 Å². The highest BCUT2D eigenvalue weighted by atomic mass is 32.2. The summed E-state index contributed by atoms with van der Waals surface area (Å²) >= 11 is 1.57. The van der Waals surface area contributed by atoms with Crippen molar-refractivity contribution in [1.82, 2.24) is 9.97 Å². The average Bonchev–Trinajstić information content (AvgIpc) is 2.41. The molecule has 5 heteroatoms. The molecule has 0 aliphatic rings. The molecule has 2 aromatic heterocycles. The number of aromatic nitrogens is 2. The van der Waals surface area contributed by atoms with Crippen LogP contribution in [0.1, 0.15) is 5.56 Å². The Kier molecular flexibility index (Phi) is 4.72. The highest BCUT2D eigenvalue weighted by Crippen LogP contribution is 2.11. The molecule has 0 unspecified atom stereocenters. The van der Waals surface area contributed by atoms with E-state index in [-0.39, 0.29) is 5.91 Å². The van der Waals surface area contributed by atoms with E-state index in [0.717, 1.165) is 17.0 Å². The molecule has 0 aliphatic heterocycles. The minimum atomic E-state index is -0.00455. The van der Waals surface area contributed by atoms with Gasteiger partial charge in [-0.05, 0) is 23.8 Å². The van der Waals surface area contributed by atoms with E-state index in [2.05, 4.69) is 15.3 Å². The fraction of sp³-hybridized carbons (Fsp3) is 0.154. The molecule has 0 radical (unpaired) electrons. The minimum absolute atomic E-state index is 0.00455. The second-order valence-corrected chi connectivity index (χ2v) is 4.62. The van der Waals surface area contributed by atoms with Crippen LogP contribution in [0.15, 0.2) is 49.1 Å². The summed E-state index contributed by atoms with van der Waals surface area (Å²) in [5.74, 6) is 1.21. The van der Waals surface area contributed by atoms with E-state index >= 15 is 0 Å². The summed E-state index contributed by atoms with van der Waals surface area (Å²) in [7, 11) is 0. The van der Waals surface area contributed by atoms with Crippen LogP contribution in [0.25, 0.3) is 0 Å². The van der Waals surface area contributed by atoms with Crippen molar-refractivity contribution in [3.8, 4) is 0 Å². The lowest BCUT2D eigenvalue weighted by Gasteiger charge is -2.04. The van der Waals surface area contributed by atoms with Crippen LogP contribution in [-0.2, 0) is 10.5 Å². The van der Waals surface area contributed by atoms with Gasteiger partial charge in [0.05, 0.1) is 5.75 Å². The third-order valence-electron chi connectivity index (χ3n) is 2.19. The van der Waals surface area contributed by atoms with Gasteiger partial charge >= 0.3 is 0 Å². The number of anilines is 1. The number of carbonyl (C=O) groups excluding carboxylic acids is 1. The first-order valence-corrected chi connectivity index (χ1v) is 6.66. The van der Waals surface area contributed by atoms with Crippen LogP contribution < -0.4 is 5.32 Å². The maximum atomic E-state index is 11.6. The first-order chi connectivity index (χ1) is 8.84. The van der Waals surface area contributed by atoms with Crippen molar-refractivity contribution in [1.29, 1.82) is 0 Å². The number of pyridine rings is 2. The summed E-state index contributed by atoms with van der Waals surface area (Å²) in [6.45, 7) is 0. The molecule has 92 valence electrons. The Morgan fingerprint density at radius 2 is 2.00 bits per heavy atom. The lowest BCUT2D eigenvalue weighted by molar-refractivity contribution is -0.113. The summed E-state index contributed by atoms with van der Waals surface area (Å²) < 4.78 is 0. The summed E-state index contributed by atoms with van der Waals surface area (Å²) in [6, 6.07) is 7.43. The highest BCUT2D eigenvalue weighted by molar-refractivity contribution is 7.99. The van der Waals surface area contributed by atoms with Gasteiger partial charge in [-0.15, -0.1) is 11.8 Å². The van der Waals surface area contributed by atoms with Crippen LogP contribution in [0.4, 0.5) is 5.69 Å². The molecule has 1 amide bonds. The van der Waals surface area contributed by atoms with Crippen molar-refractivity contribution >= 4 is 23.4 Å². The molecule has 0 aliphatic carbocycles. The second-order valence-electron chi connectivity index (χ2n) is 3.64. The molecule has 0 bridgehead atoms. The number of carbonyl (C=O) groups is 1. The van der Waals surface area contributed by atoms with Crippen LogP contribution >= 0.6 is 11.8 Å². The zero-order valence-electron chi connectivity index (χ0n) is 9.74. The third-order valence-corrected chi connectivity index (χ3v) is 3.19. The molecule has 2 aromatic rings. The Morgan fingerprint density at radius 3 is 2.72 bits per heavy atom. The second kappa shape index (κ2) is 6.76. The molecular formula is C13H13N3OS. The number of rotatable bonds is 5. The Labute approximate surface area is 110 Å². The molecule has 2 heterocycles. The van der Waals surface area contributed by atoms with Crippen molar-refractivity contribution in [2.24, 2.45) is 0 Å². The number of nitrogens with one attached hydrogen (secondary N) is 1. The Morgan fingerprint density at radius 1 is 1.17 bits per heavy atom. The molecular weight excluding hydrogens is 246 g/mol. The lowest BCUT2D eigenvalue weighted by atomic mass is 10.3. The molecule has 0 saturated heterocycles. The quantitative estimate of drug-likeness (QED) is 0.895. The topological polar surface area (TPSA) is 54.9 Å². The van der Waals surface area contributed by atoms with Crippen LogP contribution in [0.2, 0.25) is 0 Å². The summed E-state index contributed by atoms with van der Waals surface area (Å²) in [5, 5.41) is 2.81. The summed E-state index contributed by atoms with van der Waals surface area (Å²) in [5.41, 5.74) is 1.90. The van der Waals surface area contributed by atoms with Crippen LogP contribution in [-0.4, -0.2) is 21.6 Å². The lowest BCUT2D eigenvalue weighted by Crippen LogP contribution is -2.14. The van der Waals surface area contributed by atoms with Gasteiger partial charge in [-0.25, -0.2) is 0 Å². The summed E-state index contributed by atoms with van der Waals surface area (Å²) in [4.78, 5) is 19.6. The summed E-state index contributed by atoms with van der Waals surface area (Å²) in [6.07, 6.45) is 6.86. The zero-order valence-corrected chi connectivity index (χ0v) is 10.6. The number of thioether (sulfide) groups is 1. The molecule has 0 fully saturated rings. The van der Waals surface area contributed by atoms with Crippen molar-refractivity contribution in [2.75, 3.05) is 11.1 Å². The molecule has 0 atom stereocenters. The molecule has 0 spiro atoms. The van der Waals surface area contributed by atoms with Crippen molar-refractivity contribution in [3.05, 3.63) is 54.6 Å². The molecule has 4 nitrogen and oxygen atoms in total. The monoisotopic (exact) mass is 259 g/mol. The van der Waals surface area contributed by atoms with Gasteiger partial charge in [-0.1, -0.05) is 6.07 Å². The number of amides is 1. The first kappa shape index (κ1) is 12.6. The van der Waals surface area contributed by atoms with E-state index in [1.165, 1.54) is 0 Å². The van der Waals surface area contributed by atoms with Gasteiger partial charge in [-0.2, -0.15) is 0 Å². The molecule has 2 rings (SSSR count).